The minimum Gasteiger partial charge on any atom is -0.424 e. The Morgan fingerprint density at radius 1 is 1.07 bits per heavy atom. The number of rotatable bonds is 3. The average Bonchev–Trinajstić information content (AvgIpc) is 2.31. The molecule has 0 aliphatic carbocycles. The Bertz CT molecular complexity index is 411. The van der Waals surface area contributed by atoms with Crippen LogP contribution in [0.5, 0.6) is 11.8 Å². The van der Waals surface area contributed by atoms with Gasteiger partial charge < -0.3 is 4.74 Å². The van der Waals surface area contributed by atoms with Crippen LogP contribution in [-0.2, 0) is 6.42 Å². The van der Waals surface area contributed by atoms with Crippen molar-refractivity contribution in [2.75, 3.05) is 0 Å². The molecule has 3 nitrogen and oxygen atoms in total. The first kappa shape index (κ1) is 9.65. The van der Waals surface area contributed by atoms with Gasteiger partial charge in [-0.2, -0.15) is 0 Å². The molecule has 76 valence electrons. The van der Waals surface area contributed by atoms with Gasteiger partial charge in [0.15, 0.2) is 0 Å². The van der Waals surface area contributed by atoms with E-state index < -0.39 is 0 Å². The summed E-state index contributed by atoms with van der Waals surface area (Å²) in [6.07, 6.45) is 4.50. The molecule has 0 aliphatic heterocycles. The van der Waals surface area contributed by atoms with E-state index >= 15 is 0 Å². The zero-order chi connectivity index (χ0) is 10.5. The number of nitrogens with zero attached hydrogens (tertiary/aromatic N) is 2. The van der Waals surface area contributed by atoms with Crippen molar-refractivity contribution in [2.24, 2.45) is 0 Å². The number of hydrogen-bond donors (Lipinski definition) is 0. The van der Waals surface area contributed by atoms with Gasteiger partial charge in [-0.1, -0.05) is 25.1 Å². The topological polar surface area (TPSA) is 35.0 Å². The summed E-state index contributed by atoms with van der Waals surface area (Å²) in [7, 11) is 0. The van der Waals surface area contributed by atoms with Crippen LogP contribution >= 0.6 is 0 Å². The molecule has 3 heteroatoms. The van der Waals surface area contributed by atoms with Crippen molar-refractivity contribution < 1.29 is 4.74 Å². The molecule has 2 aromatic rings. The maximum Gasteiger partial charge on any atom is 0.321 e. The van der Waals surface area contributed by atoms with Crippen LogP contribution in [0.25, 0.3) is 0 Å². The van der Waals surface area contributed by atoms with Crippen molar-refractivity contribution in [3.8, 4) is 11.8 Å². The Hall–Kier alpha value is -1.90. The molecule has 1 heterocycles. The standard InChI is InChI=1S/C12H12N2O/c1-2-10-8-13-12(14-9-10)15-11-6-4-3-5-7-11/h3-9H,2H2,1H3. The molecule has 0 spiro atoms. The highest BCUT2D eigenvalue weighted by Gasteiger charge is 1.98. The number of ether oxygens (including phenoxy) is 1. The van der Waals surface area contributed by atoms with Gasteiger partial charge in [-0.15, -0.1) is 0 Å². The van der Waals surface area contributed by atoms with Crippen LogP contribution in [0.3, 0.4) is 0 Å². The first-order valence-electron chi connectivity index (χ1n) is 4.92. The Morgan fingerprint density at radius 3 is 2.33 bits per heavy atom. The summed E-state index contributed by atoms with van der Waals surface area (Å²) in [5.74, 6) is 0.752. The fraction of sp³-hybridized carbons (Fsp3) is 0.167. The van der Waals surface area contributed by atoms with E-state index in [4.69, 9.17) is 4.74 Å². The zero-order valence-corrected chi connectivity index (χ0v) is 8.55. The van der Waals surface area contributed by atoms with Crippen LogP contribution in [0.15, 0.2) is 42.7 Å². The van der Waals surface area contributed by atoms with Crippen LogP contribution in [0.2, 0.25) is 0 Å². The molecule has 0 saturated heterocycles. The monoisotopic (exact) mass is 200 g/mol. The molecule has 15 heavy (non-hydrogen) atoms. The highest BCUT2D eigenvalue weighted by Crippen LogP contribution is 2.15. The average molecular weight is 200 g/mol. The van der Waals surface area contributed by atoms with Gasteiger partial charge in [0.05, 0.1) is 0 Å². The molecule has 0 unspecified atom stereocenters. The highest BCUT2D eigenvalue weighted by atomic mass is 16.5. The predicted octanol–water partition coefficient (Wildman–Crippen LogP) is 2.83. The van der Waals surface area contributed by atoms with E-state index in [0.717, 1.165) is 17.7 Å². The molecule has 1 aromatic heterocycles. The van der Waals surface area contributed by atoms with Crippen molar-refractivity contribution in [2.45, 2.75) is 13.3 Å². The van der Waals surface area contributed by atoms with Crippen molar-refractivity contribution in [1.82, 2.24) is 9.97 Å². The van der Waals surface area contributed by atoms with Crippen molar-refractivity contribution >= 4 is 0 Å². The van der Waals surface area contributed by atoms with Gasteiger partial charge in [-0.25, -0.2) is 9.97 Å². The third kappa shape index (κ3) is 2.53. The highest BCUT2D eigenvalue weighted by molar-refractivity contribution is 5.24. The van der Waals surface area contributed by atoms with E-state index in [0.29, 0.717) is 6.01 Å². The number of benzene rings is 1. The quantitative estimate of drug-likeness (QED) is 0.764. The van der Waals surface area contributed by atoms with E-state index in [9.17, 15) is 0 Å². The van der Waals surface area contributed by atoms with Crippen LogP contribution < -0.4 is 4.74 Å². The smallest absolute Gasteiger partial charge is 0.321 e. The summed E-state index contributed by atoms with van der Waals surface area (Å²) >= 11 is 0. The summed E-state index contributed by atoms with van der Waals surface area (Å²) < 4.78 is 5.46. The molecule has 0 N–H and O–H groups in total. The molecular weight excluding hydrogens is 188 g/mol. The van der Waals surface area contributed by atoms with Gasteiger partial charge in [-0.3, -0.25) is 0 Å². The van der Waals surface area contributed by atoms with Crippen molar-refractivity contribution in [1.29, 1.82) is 0 Å². The predicted molar refractivity (Wildman–Crippen MR) is 57.9 cm³/mol. The van der Waals surface area contributed by atoms with Gasteiger partial charge >= 0.3 is 6.01 Å². The molecule has 0 radical (unpaired) electrons. The Kier molecular flexibility index (Phi) is 2.93. The molecule has 0 aliphatic rings. The van der Waals surface area contributed by atoms with Crippen LogP contribution in [0, 0.1) is 0 Å². The van der Waals surface area contributed by atoms with Gasteiger partial charge in [0.2, 0.25) is 0 Å². The van der Waals surface area contributed by atoms with Crippen LogP contribution in [-0.4, -0.2) is 9.97 Å². The second-order valence-electron chi connectivity index (χ2n) is 3.14. The number of aryl methyl sites for hydroxylation is 1. The molecule has 0 amide bonds. The summed E-state index contributed by atoms with van der Waals surface area (Å²) in [6, 6.07) is 9.89. The lowest BCUT2D eigenvalue weighted by Crippen LogP contribution is -1.92. The lowest BCUT2D eigenvalue weighted by atomic mass is 10.3. The Morgan fingerprint density at radius 2 is 1.73 bits per heavy atom. The van der Waals surface area contributed by atoms with E-state index in [1.54, 1.807) is 12.4 Å². The first-order valence-corrected chi connectivity index (χ1v) is 4.92. The lowest BCUT2D eigenvalue weighted by Gasteiger charge is -2.02. The number of para-hydroxylation sites is 1. The normalized spacial score (nSPS) is 9.93. The van der Waals surface area contributed by atoms with Gasteiger partial charge in [0, 0.05) is 12.4 Å². The zero-order valence-electron chi connectivity index (χ0n) is 8.55. The summed E-state index contributed by atoms with van der Waals surface area (Å²) in [5.41, 5.74) is 1.11. The molecule has 0 saturated carbocycles. The molecular formula is C12H12N2O. The summed E-state index contributed by atoms with van der Waals surface area (Å²) in [5, 5.41) is 0. The molecule has 0 atom stereocenters. The Labute approximate surface area is 88.8 Å². The van der Waals surface area contributed by atoms with Gasteiger partial charge in [0.25, 0.3) is 0 Å². The van der Waals surface area contributed by atoms with Crippen LogP contribution in [0.4, 0.5) is 0 Å². The molecule has 2 rings (SSSR count). The van der Waals surface area contributed by atoms with E-state index in [2.05, 4.69) is 16.9 Å². The molecule has 0 bridgehead atoms. The van der Waals surface area contributed by atoms with E-state index in [1.807, 2.05) is 30.3 Å². The largest absolute Gasteiger partial charge is 0.424 e. The van der Waals surface area contributed by atoms with E-state index in [1.165, 1.54) is 0 Å². The third-order valence-electron chi connectivity index (χ3n) is 2.04. The number of aromatic nitrogens is 2. The number of hydrogen-bond acceptors (Lipinski definition) is 3. The first-order chi connectivity index (χ1) is 7.38. The Balaban J connectivity index is 2.11. The fourth-order valence-corrected chi connectivity index (χ4v) is 1.17. The minimum atomic E-state index is 0.387. The molecule has 1 aromatic carbocycles. The van der Waals surface area contributed by atoms with Crippen molar-refractivity contribution in [3.05, 3.63) is 48.3 Å². The summed E-state index contributed by atoms with van der Waals surface area (Å²) in [6.45, 7) is 2.07. The molecule has 0 fully saturated rings. The van der Waals surface area contributed by atoms with Crippen molar-refractivity contribution in [3.63, 3.8) is 0 Å². The SMILES string of the molecule is CCc1cnc(Oc2ccccc2)nc1. The summed E-state index contributed by atoms with van der Waals surface area (Å²) in [4.78, 5) is 8.22. The maximum absolute atomic E-state index is 5.46. The van der Waals surface area contributed by atoms with E-state index in [-0.39, 0.29) is 0 Å². The second-order valence-corrected chi connectivity index (χ2v) is 3.14. The van der Waals surface area contributed by atoms with Gasteiger partial charge in [0.1, 0.15) is 5.75 Å². The minimum absolute atomic E-state index is 0.387. The third-order valence-corrected chi connectivity index (χ3v) is 2.04. The lowest BCUT2D eigenvalue weighted by molar-refractivity contribution is 0.441. The van der Waals surface area contributed by atoms with Crippen LogP contribution in [0.1, 0.15) is 12.5 Å². The maximum atomic E-state index is 5.46. The van der Waals surface area contributed by atoms with Gasteiger partial charge in [-0.05, 0) is 24.1 Å². The second kappa shape index (κ2) is 4.55. The fourth-order valence-electron chi connectivity index (χ4n) is 1.17.